The number of nitrogens with one attached hydrogen (secondary N) is 1. The maximum absolute atomic E-state index is 13.2. The van der Waals surface area contributed by atoms with E-state index in [1.165, 1.54) is 18.2 Å². The average molecular weight is 290 g/mol. The van der Waals surface area contributed by atoms with Crippen LogP contribution in [-0.2, 0) is 17.8 Å². The van der Waals surface area contributed by atoms with Gasteiger partial charge in [-0.3, -0.25) is 4.79 Å². The maximum Gasteiger partial charge on any atom is 0.250 e. The van der Waals surface area contributed by atoms with Crippen LogP contribution in [0.1, 0.15) is 11.1 Å². The van der Waals surface area contributed by atoms with Crippen LogP contribution in [-0.4, -0.2) is 18.3 Å². The van der Waals surface area contributed by atoms with Gasteiger partial charge in [-0.05, 0) is 36.2 Å². The molecule has 2 aromatic rings. The van der Waals surface area contributed by atoms with Crippen molar-refractivity contribution in [3.8, 4) is 0 Å². The van der Waals surface area contributed by atoms with Crippen molar-refractivity contribution < 1.29 is 9.13 Å². The number of hydrogen-bond donors (Lipinski definition) is 1. The Morgan fingerprint density at radius 3 is 2.86 bits per heavy atom. The Kier molecular flexibility index (Phi) is 5.11. The van der Waals surface area contributed by atoms with Crippen LogP contribution in [0.3, 0.4) is 0 Å². The Balaban J connectivity index is 2.09. The van der Waals surface area contributed by atoms with E-state index in [0.717, 1.165) is 16.8 Å². The lowest BCUT2D eigenvalue weighted by Crippen LogP contribution is -2.21. The first-order valence-corrected chi connectivity index (χ1v) is 6.78. The summed E-state index contributed by atoms with van der Waals surface area (Å²) in [7, 11) is 1.60. The standard InChI is InChI=1S/C16H19FN2O2/c1-12-3-4-14(17)9-13(12)10-18-15-5-6-16(20)19(11-15)7-8-21-2/h3-6,9,11,18H,7-8,10H2,1-2H3. The zero-order valence-corrected chi connectivity index (χ0v) is 12.2. The van der Waals surface area contributed by atoms with Crippen molar-refractivity contribution >= 4 is 5.69 Å². The number of anilines is 1. The van der Waals surface area contributed by atoms with Gasteiger partial charge in [-0.1, -0.05) is 6.07 Å². The molecule has 0 fully saturated rings. The van der Waals surface area contributed by atoms with Gasteiger partial charge in [0.05, 0.1) is 12.3 Å². The number of halogens is 1. The Hall–Kier alpha value is -2.14. The smallest absolute Gasteiger partial charge is 0.250 e. The number of benzene rings is 1. The minimum Gasteiger partial charge on any atom is -0.383 e. The molecule has 0 saturated heterocycles. The Morgan fingerprint density at radius 1 is 1.29 bits per heavy atom. The molecule has 0 bridgehead atoms. The van der Waals surface area contributed by atoms with Crippen molar-refractivity contribution in [3.63, 3.8) is 0 Å². The van der Waals surface area contributed by atoms with Crippen LogP contribution in [0.25, 0.3) is 0 Å². The molecule has 0 saturated carbocycles. The Labute approximate surface area is 123 Å². The van der Waals surface area contributed by atoms with Crippen LogP contribution in [0.15, 0.2) is 41.3 Å². The molecule has 5 heteroatoms. The topological polar surface area (TPSA) is 43.3 Å². The fourth-order valence-electron chi connectivity index (χ4n) is 2.03. The molecule has 0 aliphatic carbocycles. The van der Waals surface area contributed by atoms with Gasteiger partial charge >= 0.3 is 0 Å². The number of nitrogens with zero attached hydrogens (tertiary/aromatic N) is 1. The Bertz CT molecular complexity index is 668. The van der Waals surface area contributed by atoms with E-state index >= 15 is 0 Å². The van der Waals surface area contributed by atoms with E-state index < -0.39 is 0 Å². The van der Waals surface area contributed by atoms with Gasteiger partial charge in [-0.2, -0.15) is 0 Å². The van der Waals surface area contributed by atoms with Crippen molar-refractivity contribution in [1.82, 2.24) is 4.57 Å². The molecule has 1 N–H and O–H groups in total. The molecule has 0 spiro atoms. The largest absolute Gasteiger partial charge is 0.383 e. The number of aromatic nitrogens is 1. The van der Waals surface area contributed by atoms with E-state index in [1.54, 1.807) is 30.0 Å². The lowest BCUT2D eigenvalue weighted by atomic mass is 10.1. The van der Waals surface area contributed by atoms with Gasteiger partial charge in [0.1, 0.15) is 5.82 Å². The molecule has 21 heavy (non-hydrogen) atoms. The minimum atomic E-state index is -0.248. The van der Waals surface area contributed by atoms with E-state index in [9.17, 15) is 9.18 Å². The summed E-state index contributed by atoms with van der Waals surface area (Å²) in [4.78, 5) is 11.7. The SMILES string of the molecule is COCCn1cc(NCc2cc(F)ccc2C)ccc1=O. The highest BCUT2D eigenvalue weighted by Gasteiger charge is 2.02. The fourth-order valence-corrected chi connectivity index (χ4v) is 2.03. The van der Waals surface area contributed by atoms with E-state index in [-0.39, 0.29) is 11.4 Å². The second-order valence-corrected chi connectivity index (χ2v) is 4.87. The van der Waals surface area contributed by atoms with E-state index in [0.29, 0.717) is 19.7 Å². The third kappa shape index (κ3) is 4.16. The second-order valence-electron chi connectivity index (χ2n) is 4.87. The molecule has 0 atom stereocenters. The molecule has 0 radical (unpaired) electrons. The third-order valence-electron chi connectivity index (χ3n) is 3.31. The maximum atomic E-state index is 13.2. The summed E-state index contributed by atoms with van der Waals surface area (Å²) in [6, 6.07) is 7.95. The number of hydrogen-bond acceptors (Lipinski definition) is 3. The molecule has 1 aromatic carbocycles. The highest BCUT2D eigenvalue weighted by atomic mass is 19.1. The van der Waals surface area contributed by atoms with Crippen molar-refractivity contribution in [2.24, 2.45) is 0 Å². The zero-order chi connectivity index (χ0) is 15.2. The van der Waals surface area contributed by atoms with Gasteiger partial charge < -0.3 is 14.6 Å². The van der Waals surface area contributed by atoms with E-state index in [1.807, 2.05) is 6.92 Å². The second kappa shape index (κ2) is 7.04. The highest BCUT2D eigenvalue weighted by molar-refractivity contribution is 5.42. The van der Waals surface area contributed by atoms with E-state index in [4.69, 9.17) is 4.74 Å². The summed E-state index contributed by atoms with van der Waals surface area (Å²) in [5.41, 5.74) is 2.66. The number of ether oxygens (including phenoxy) is 1. The van der Waals surface area contributed by atoms with Crippen LogP contribution in [0, 0.1) is 12.7 Å². The summed E-state index contributed by atoms with van der Waals surface area (Å²) in [5.74, 6) is -0.248. The summed E-state index contributed by atoms with van der Waals surface area (Å²) < 4.78 is 19.8. The van der Waals surface area contributed by atoms with Crippen molar-refractivity contribution in [1.29, 1.82) is 0 Å². The van der Waals surface area contributed by atoms with Gasteiger partial charge in [0.15, 0.2) is 0 Å². The first-order chi connectivity index (χ1) is 10.1. The van der Waals surface area contributed by atoms with Crippen molar-refractivity contribution in [3.05, 3.63) is 63.8 Å². The summed E-state index contributed by atoms with van der Waals surface area (Å²) in [6.07, 6.45) is 1.75. The lowest BCUT2D eigenvalue weighted by molar-refractivity contribution is 0.186. The molecule has 4 nitrogen and oxygen atoms in total. The first-order valence-electron chi connectivity index (χ1n) is 6.78. The first kappa shape index (κ1) is 15.3. The molecule has 1 aromatic heterocycles. The highest BCUT2D eigenvalue weighted by Crippen LogP contribution is 2.13. The number of aryl methyl sites for hydroxylation is 1. The predicted molar refractivity (Wildman–Crippen MR) is 81.0 cm³/mol. The normalized spacial score (nSPS) is 10.6. The van der Waals surface area contributed by atoms with Crippen LogP contribution in [0.4, 0.5) is 10.1 Å². The van der Waals surface area contributed by atoms with Gasteiger partial charge in [-0.25, -0.2) is 4.39 Å². The van der Waals surface area contributed by atoms with Gasteiger partial charge in [0, 0.05) is 32.5 Å². The minimum absolute atomic E-state index is 0.0699. The molecule has 0 unspecified atom stereocenters. The summed E-state index contributed by atoms with van der Waals surface area (Å²) >= 11 is 0. The molecule has 2 rings (SSSR count). The van der Waals surface area contributed by atoms with Crippen molar-refractivity contribution in [2.45, 2.75) is 20.0 Å². The Morgan fingerprint density at radius 2 is 2.10 bits per heavy atom. The van der Waals surface area contributed by atoms with Crippen LogP contribution >= 0.6 is 0 Å². The lowest BCUT2D eigenvalue weighted by Gasteiger charge is -2.11. The summed E-state index contributed by atoms with van der Waals surface area (Å²) in [6.45, 7) is 3.43. The molecular formula is C16H19FN2O2. The molecule has 0 aliphatic rings. The van der Waals surface area contributed by atoms with Gasteiger partial charge in [0.2, 0.25) is 0 Å². The summed E-state index contributed by atoms with van der Waals surface area (Å²) in [5, 5.41) is 3.21. The predicted octanol–water partition coefficient (Wildman–Crippen LogP) is 2.55. The monoisotopic (exact) mass is 290 g/mol. The molecule has 0 amide bonds. The molecule has 112 valence electrons. The number of methoxy groups -OCH3 is 1. The number of pyridine rings is 1. The third-order valence-corrected chi connectivity index (χ3v) is 3.31. The average Bonchev–Trinajstić information content (AvgIpc) is 2.48. The fraction of sp³-hybridized carbons (Fsp3) is 0.312. The number of rotatable bonds is 6. The van der Waals surface area contributed by atoms with Gasteiger partial charge in [0.25, 0.3) is 5.56 Å². The van der Waals surface area contributed by atoms with Gasteiger partial charge in [-0.15, -0.1) is 0 Å². The van der Waals surface area contributed by atoms with Crippen LogP contribution < -0.4 is 10.9 Å². The van der Waals surface area contributed by atoms with Crippen LogP contribution in [0.5, 0.6) is 0 Å². The molecular weight excluding hydrogens is 271 g/mol. The quantitative estimate of drug-likeness (QED) is 0.889. The van der Waals surface area contributed by atoms with E-state index in [2.05, 4.69) is 5.32 Å². The van der Waals surface area contributed by atoms with Crippen LogP contribution in [0.2, 0.25) is 0 Å². The molecule has 0 aliphatic heterocycles. The van der Waals surface area contributed by atoms with Crippen molar-refractivity contribution in [2.75, 3.05) is 19.0 Å². The zero-order valence-electron chi connectivity index (χ0n) is 12.2. The molecule has 1 heterocycles.